The maximum absolute atomic E-state index is 5.89. The molecule has 1 nitrogen and oxygen atoms in total. The molecule has 0 saturated carbocycles. The summed E-state index contributed by atoms with van der Waals surface area (Å²) >= 11 is 5.89. The second kappa shape index (κ2) is 4.33. The zero-order chi connectivity index (χ0) is 9.97. The molecule has 0 aromatic heterocycles. The van der Waals surface area contributed by atoms with Crippen LogP contribution in [0, 0.1) is 0 Å². The van der Waals surface area contributed by atoms with Crippen LogP contribution in [-0.2, 0) is 0 Å². The number of rotatable bonds is 3. The van der Waals surface area contributed by atoms with Gasteiger partial charge in [-0.3, -0.25) is 4.90 Å². The van der Waals surface area contributed by atoms with Crippen LogP contribution in [-0.4, -0.2) is 23.4 Å². The molecule has 0 N–H and O–H groups in total. The second-order valence-electron chi connectivity index (χ2n) is 3.92. The van der Waals surface area contributed by atoms with E-state index in [1.54, 1.807) is 0 Å². The topological polar surface area (TPSA) is 3.24 Å². The summed E-state index contributed by atoms with van der Waals surface area (Å²) in [4.78, 5) is 2.47. The highest BCUT2D eigenvalue weighted by molar-refractivity contribution is 6.18. The van der Waals surface area contributed by atoms with E-state index in [1.165, 1.54) is 18.5 Å². The lowest BCUT2D eigenvalue weighted by Crippen LogP contribution is -2.49. The van der Waals surface area contributed by atoms with Crippen LogP contribution in [0.15, 0.2) is 30.3 Å². The Kier molecular flexibility index (Phi) is 3.09. The van der Waals surface area contributed by atoms with E-state index < -0.39 is 0 Å². The smallest absolute Gasteiger partial charge is 0.0380 e. The van der Waals surface area contributed by atoms with Crippen LogP contribution in [0.5, 0.6) is 0 Å². The Hall–Kier alpha value is -0.530. The summed E-state index contributed by atoms with van der Waals surface area (Å²) in [7, 11) is 0. The van der Waals surface area contributed by atoms with Gasteiger partial charge in [0.1, 0.15) is 0 Å². The molecular formula is C12H16ClN. The quantitative estimate of drug-likeness (QED) is 0.692. The van der Waals surface area contributed by atoms with Gasteiger partial charge in [-0.05, 0) is 18.9 Å². The van der Waals surface area contributed by atoms with Crippen LogP contribution < -0.4 is 0 Å². The average Bonchev–Trinajstić information content (AvgIpc) is 2.18. The summed E-state index contributed by atoms with van der Waals surface area (Å²) in [6.07, 6.45) is 1.25. The predicted octanol–water partition coefficient (Wildman–Crippen LogP) is 3.06. The molecule has 0 radical (unpaired) electrons. The van der Waals surface area contributed by atoms with Crippen molar-refractivity contribution in [3.05, 3.63) is 35.9 Å². The van der Waals surface area contributed by atoms with Gasteiger partial charge >= 0.3 is 0 Å². The maximum atomic E-state index is 5.89. The molecule has 1 fully saturated rings. The predicted molar refractivity (Wildman–Crippen MR) is 60.7 cm³/mol. The molecule has 1 aromatic rings. The van der Waals surface area contributed by atoms with Gasteiger partial charge in [0.2, 0.25) is 0 Å². The largest absolute Gasteiger partial charge is 0.292 e. The molecule has 2 rings (SSSR count). The first kappa shape index (κ1) is 10.0. The van der Waals surface area contributed by atoms with Gasteiger partial charge in [0.15, 0.2) is 0 Å². The fourth-order valence-electron chi connectivity index (χ4n) is 2.06. The summed E-state index contributed by atoms with van der Waals surface area (Å²) in [5.74, 6) is 0.761. The molecule has 14 heavy (non-hydrogen) atoms. The highest BCUT2D eigenvalue weighted by atomic mass is 35.5. The molecule has 0 bridgehead atoms. The molecule has 2 heteroatoms. The van der Waals surface area contributed by atoms with Crippen molar-refractivity contribution in [1.82, 2.24) is 4.90 Å². The molecule has 0 unspecified atom stereocenters. The lowest BCUT2D eigenvalue weighted by molar-refractivity contribution is 0.0627. The molecule has 0 aliphatic carbocycles. The van der Waals surface area contributed by atoms with Crippen molar-refractivity contribution in [3.63, 3.8) is 0 Å². The summed E-state index contributed by atoms with van der Waals surface area (Å²) < 4.78 is 0. The Labute approximate surface area is 90.7 Å². The lowest BCUT2D eigenvalue weighted by Gasteiger charge is -2.44. The van der Waals surface area contributed by atoms with Crippen LogP contribution in [0.1, 0.15) is 24.9 Å². The summed E-state index contributed by atoms with van der Waals surface area (Å²) in [5.41, 5.74) is 1.39. The van der Waals surface area contributed by atoms with Crippen molar-refractivity contribution >= 4 is 11.6 Å². The molecule has 0 spiro atoms. The minimum atomic E-state index is 0.508. The molecule has 1 aliphatic rings. The Morgan fingerprint density at radius 1 is 1.43 bits per heavy atom. The number of alkyl halides is 1. The summed E-state index contributed by atoms with van der Waals surface area (Å²) in [5, 5.41) is 0. The first-order valence-corrected chi connectivity index (χ1v) is 5.73. The van der Waals surface area contributed by atoms with E-state index in [0.29, 0.717) is 12.1 Å². The number of benzene rings is 1. The number of halogens is 1. The van der Waals surface area contributed by atoms with Crippen LogP contribution in [0.4, 0.5) is 0 Å². The normalized spacial score (nSPS) is 24.3. The van der Waals surface area contributed by atoms with E-state index in [4.69, 9.17) is 11.6 Å². The van der Waals surface area contributed by atoms with E-state index in [0.717, 1.165) is 5.88 Å². The van der Waals surface area contributed by atoms with E-state index in [1.807, 2.05) is 0 Å². The van der Waals surface area contributed by atoms with E-state index in [-0.39, 0.29) is 0 Å². The van der Waals surface area contributed by atoms with Gasteiger partial charge in [-0.1, -0.05) is 30.3 Å². The Morgan fingerprint density at radius 3 is 2.64 bits per heavy atom. The highest BCUT2D eigenvalue weighted by Crippen LogP contribution is 2.30. The van der Waals surface area contributed by atoms with Crippen molar-refractivity contribution in [2.75, 3.05) is 12.4 Å². The molecule has 2 atom stereocenters. The SMILES string of the molecule is C[C@@H](c1ccccc1)N1CC[C@H]1CCl. The minimum Gasteiger partial charge on any atom is -0.292 e. The summed E-state index contributed by atoms with van der Waals surface area (Å²) in [6, 6.07) is 11.7. The van der Waals surface area contributed by atoms with Gasteiger partial charge < -0.3 is 0 Å². The van der Waals surface area contributed by atoms with Crippen LogP contribution in [0.3, 0.4) is 0 Å². The number of hydrogen-bond acceptors (Lipinski definition) is 1. The molecule has 1 aromatic carbocycles. The molecule has 76 valence electrons. The fraction of sp³-hybridized carbons (Fsp3) is 0.500. The van der Waals surface area contributed by atoms with Gasteiger partial charge in [0.05, 0.1) is 0 Å². The third-order valence-electron chi connectivity index (χ3n) is 3.15. The summed E-state index contributed by atoms with van der Waals surface area (Å²) in [6.45, 7) is 3.45. The van der Waals surface area contributed by atoms with Crippen molar-refractivity contribution in [3.8, 4) is 0 Å². The van der Waals surface area contributed by atoms with Crippen molar-refractivity contribution in [1.29, 1.82) is 0 Å². The van der Waals surface area contributed by atoms with Gasteiger partial charge in [0, 0.05) is 24.5 Å². The van der Waals surface area contributed by atoms with Gasteiger partial charge in [0.25, 0.3) is 0 Å². The first-order valence-electron chi connectivity index (χ1n) is 5.19. The molecule has 1 saturated heterocycles. The second-order valence-corrected chi connectivity index (χ2v) is 4.23. The standard InChI is InChI=1S/C12H16ClN/c1-10(11-5-3-2-4-6-11)14-8-7-12(14)9-13/h2-6,10,12H,7-9H2,1H3/t10-,12-/m0/s1. The van der Waals surface area contributed by atoms with Crippen LogP contribution >= 0.6 is 11.6 Å². The number of nitrogens with zero attached hydrogens (tertiary/aromatic N) is 1. The third kappa shape index (κ3) is 1.79. The fourth-order valence-corrected chi connectivity index (χ4v) is 2.39. The monoisotopic (exact) mass is 209 g/mol. The van der Waals surface area contributed by atoms with Gasteiger partial charge in [-0.2, -0.15) is 0 Å². The third-order valence-corrected chi connectivity index (χ3v) is 3.50. The Bertz CT molecular complexity index is 284. The first-order chi connectivity index (χ1) is 6.83. The average molecular weight is 210 g/mol. The molecule has 1 heterocycles. The zero-order valence-electron chi connectivity index (χ0n) is 8.49. The van der Waals surface area contributed by atoms with E-state index in [2.05, 4.69) is 42.2 Å². The Morgan fingerprint density at radius 2 is 2.14 bits per heavy atom. The Balaban J connectivity index is 2.05. The molecule has 1 aliphatic heterocycles. The van der Waals surface area contributed by atoms with Crippen LogP contribution in [0.25, 0.3) is 0 Å². The van der Waals surface area contributed by atoms with Crippen molar-refractivity contribution < 1.29 is 0 Å². The van der Waals surface area contributed by atoms with Crippen molar-refractivity contribution in [2.24, 2.45) is 0 Å². The maximum Gasteiger partial charge on any atom is 0.0380 e. The van der Waals surface area contributed by atoms with E-state index >= 15 is 0 Å². The van der Waals surface area contributed by atoms with E-state index in [9.17, 15) is 0 Å². The zero-order valence-corrected chi connectivity index (χ0v) is 9.24. The van der Waals surface area contributed by atoms with Crippen molar-refractivity contribution in [2.45, 2.75) is 25.4 Å². The van der Waals surface area contributed by atoms with Gasteiger partial charge in [-0.15, -0.1) is 11.6 Å². The highest BCUT2D eigenvalue weighted by Gasteiger charge is 2.31. The number of hydrogen-bond donors (Lipinski definition) is 0. The molecule has 0 amide bonds. The lowest BCUT2D eigenvalue weighted by atomic mass is 9.98. The van der Waals surface area contributed by atoms with Gasteiger partial charge in [-0.25, -0.2) is 0 Å². The minimum absolute atomic E-state index is 0.508. The number of likely N-dealkylation sites (tertiary alicyclic amines) is 1. The molecular weight excluding hydrogens is 194 g/mol. The van der Waals surface area contributed by atoms with Crippen LogP contribution in [0.2, 0.25) is 0 Å².